The summed E-state index contributed by atoms with van der Waals surface area (Å²) >= 11 is 0. The van der Waals surface area contributed by atoms with Crippen molar-refractivity contribution in [2.24, 2.45) is 5.92 Å². The minimum absolute atomic E-state index is 0.0337. The van der Waals surface area contributed by atoms with E-state index in [2.05, 4.69) is 9.97 Å². The number of rotatable bonds is 5. The van der Waals surface area contributed by atoms with Crippen LogP contribution in [0.4, 0.5) is 0 Å². The molecule has 1 fully saturated rings. The molecule has 2 aromatic rings. The van der Waals surface area contributed by atoms with Crippen LogP contribution in [0.1, 0.15) is 23.2 Å². The van der Waals surface area contributed by atoms with Gasteiger partial charge < -0.3 is 14.4 Å². The highest BCUT2D eigenvalue weighted by Gasteiger charge is 2.26. The Hall–Kier alpha value is -2.63. The van der Waals surface area contributed by atoms with Crippen molar-refractivity contribution < 1.29 is 14.3 Å². The molecule has 1 unspecified atom stereocenters. The molecule has 0 aliphatic carbocycles. The molecule has 2 aromatic heterocycles. The summed E-state index contributed by atoms with van der Waals surface area (Å²) in [4.78, 5) is 22.7. The molecule has 126 valence electrons. The predicted molar refractivity (Wildman–Crippen MR) is 89.1 cm³/mol. The smallest absolute Gasteiger partial charge is 0.259 e. The molecule has 6 nitrogen and oxygen atoms in total. The Labute approximate surface area is 141 Å². The van der Waals surface area contributed by atoms with Crippen LogP contribution in [-0.2, 0) is 0 Å². The van der Waals surface area contributed by atoms with Gasteiger partial charge in [-0.3, -0.25) is 9.78 Å². The van der Waals surface area contributed by atoms with Gasteiger partial charge in [-0.25, -0.2) is 4.98 Å². The van der Waals surface area contributed by atoms with Gasteiger partial charge in [0.2, 0.25) is 5.88 Å². The third-order valence-corrected chi connectivity index (χ3v) is 4.14. The van der Waals surface area contributed by atoms with E-state index >= 15 is 0 Å². The van der Waals surface area contributed by atoms with Gasteiger partial charge in [0, 0.05) is 37.6 Å². The van der Waals surface area contributed by atoms with E-state index in [-0.39, 0.29) is 5.91 Å². The number of aromatic nitrogens is 2. The average Bonchev–Trinajstić information content (AvgIpc) is 2.67. The Morgan fingerprint density at radius 1 is 1.29 bits per heavy atom. The van der Waals surface area contributed by atoms with E-state index in [1.54, 1.807) is 30.7 Å². The van der Waals surface area contributed by atoms with E-state index in [4.69, 9.17) is 9.47 Å². The Balaban J connectivity index is 1.61. The molecule has 0 radical (unpaired) electrons. The molecule has 1 aliphatic heterocycles. The highest BCUT2D eigenvalue weighted by atomic mass is 16.5. The average molecular weight is 327 g/mol. The molecular weight excluding hydrogens is 306 g/mol. The molecule has 6 heteroatoms. The first-order valence-corrected chi connectivity index (χ1v) is 8.09. The lowest BCUT2D eigenvalue weighted by molar-refractivity contribution is 0.0629. The van der Waals surface area contributed by atoms with E-state index in [1.807, 2.05) is 17.0 Å². The maximum Gasteiger partial charge on any atom is 0.259 e. The van der Waals surface area contributed by atoms with Crippen molar-refractivity contribution in [1.29, 1.82) is 0 Å². The molecule has 3 rings (SSSR count). The first-order valence-electron chi connectivity index (χ1n) is 8.09. The van der Waals surface area contributed by atoms with Crippen molar-refractivity contribution in [3.05, 3.63) is 48.4 Å². The van der Waals surface area contributed by atoms with E-state index in [1.165, 1.54) is 7.11 Å². The predicted octanol–water partition coefficient (Wildman–Crippen LogP) is 2.42. The van der Waals surface area contributed by atoms with Crippen molar-refractivity contribution >= 4 is 5.91 Å². The molecule has 0 N–H and O–H groups in total. The van der Waals surface area contributed by atoms with Crippen LogP contribution in [-0.4, -0.2) is 47.6 Å². The second-order valence-corrected chi connectivity index (χ2v) is 5.81. The van der Waals surface area contributed by atoms with Crippen LogP contribution in [0.25, 0.3) is 0 Å². The largest absolute Gasteiger partial charge is 0.493 e. The number of likely N-dealkylation sites (tertiary alicyclic amines) is 1. The van der Waals surface area contributed by atoms with E-state index in [0.717, 1.165) is 25.1 Å². The standard InChI is InChI=1S/C18H21N3O3/c1-23-17-16(5-2-8-20-17)18(22)21-11-3-4-14(12-21)13-24-15-6-9-19-10-7-15/h2,5-10,14H,3-4,11-13H2,1H3. The molecule has 3 heterocycles. The maximum atomic E-state index is 12.8. The van der Waals surface area contributed by atoms with E-state index in [9.17, 15) is 4.79 Å². The zero-order chi connectivity index (χ0) is 16.8. The van der Waals surface area contributed by atoms with Crippen LogP contribution >= 0.6 is 0 Å². The number of methoxy groups -OCH3 is 1. The topological polar surface area (TPSA) is 64.5 Å². The van der Waals surface area contributed by atoms with Crippen molar-refractivity contribution in [2.45, 2.75) is 12.8 Å². The number of pyridine rings is 2. The molecule has 1 amide bonds. The summed E-state index contributed by atoms with van der Waals surface area (Å²) in [7, 11) is 1.53. The lowest BCUT2D eigenvalue weighted by Crippen LogP contribution is -2.41. The Bertz CT molecular complexity index is 678. The van der Waals surface area contributed by atoms with Crippen LogP contribution in [0, 0.1) is 5.92 Å². The fourth-order valence-electron chi connectivity index (χ4n) is 2.92. The van der Waals surface area contributed by atoms with Gasteiger partial charge in [0.25, 0.3) is 5.91 Å². The first kappa shape index (κ1) is 16.2. The van der Waals surface area contributed by atoms with Gasteiger partial charge in [0.05, 0.1) is 13.7 Å². The van der Waals surface area contributed by atoms with Crippen LogP contribution in [0.3, 0.4) is 0 Å². The van der Waals surface area contributed by atoms with Crippen LogP contribution < -0.4 is 9.47 Å². The maximum absolute atomic E-state index is 12.8. The summed E-state index contributed by atoms with van der Waals surface area (Å²) in [5, 5.41) is 0. The van der Waals surface area contributed by atoms with Gasteiger partial charge in [-0.15, -0.1) is 0 Å². The summed E-state index contributed by atoms with van der Waals surface area (Å²) in [5.41, 5.74) is 0.510. The lowest BCUT2D eigenvalue weighted by Gasteiger charge is -2.32. The molecule has 0 aromatic carbocycles. The molecule has 1 saturated heterocycles. The monoisotopic (exact) mass is 327 g/mol. The molecule has 0 spiro atoms. The number of carbonyl (C=O) groups excluding carboxylic acids is 1. The minimum atomic E-state index is -0.0337. The number of carbonyl (C=O) groups is 1. The normalized spacial score (nSPS) is 17.4. The quantitative estimate of drug-likeness (QED) is 0.844. The zero-order valence-corrected chi connectivity index (χ0v) is 13.7. The van der Waals surface area contributed by atoms with Crippen molar-refractivity contribution in [1.82, 2.24) is 14.9 Å². The van der Waals surface area contributed by atoms with Crippen LogP contribution in [0.5, 0.6) is 11.6 Å². The van der Waals surface area contributed by atoms with Gasteiger partial charge in [-0.2, -0.15) is 0 Å². The van der Waals surface area contributed by atoms with E-state index < -0.39 is 0 Å². The van der Waals surface area contributed by atoms with Gasteiger partial charge in [-0.05, 0) is 37.1 Å². The summed E-state index contributed by atoms with van der Waals surface area (Å²) in [6, 6.07) is 7.19. The van der Waals surface area contributed by atoms with Crippen molar-refractivity contribution in [2.75, 3.05) is 26.8 Å². The SMILES string of the molecule is COc1ncccc1C(=O)N1CCCC(COc2ccncc2)C1. The van der Waals surface area contributed by atoms with Gasteiger partial charge in [0.1, 0.15) is 11.3 Å². The number of amides is 1. The highest BCUT2D eigenvalue weighted by Crippen LogP contribution is 2.22. The van der Waals surface area contributed by atoms with Crippen molar-refractivity contribution in [3.63, 3.8) is 0 Å². The molecule has 1 aliphatic rings. The zero-order valence-electron chi connectivity index (χ0n) is 13.7. The third kappa shape index (κ3) is 3.82. The second kappa shape index (κ2) is 7.77. The number of nitrogens with zero attached hydrogens (tertiary/aromatic N) is 3. The van der Waals surface area contributed by atoms with E-state index in [0.29, 0.717) is 30.5 Å². The number of hydrogen-bond donors (Lipinski definition) is 0. The minimum Gasteiger partial charge on any atom is -0.493 e. The van der Waals surface area contributed by atoms with Gasteiger partial charge in [0.15, 0.2) is 0 Å². The molecule has 24 heavy (non-hydrogen) atoms. The lowest BCUT2D eigenvalue weighted by atomic mass is 9.98. The third-order valence-electron chi connectivity index (χ3n) is 4.14. The second-order valence-electron chi connectivity index (χ2n) is 5.81. The van der Waals surface area contributed by atoms with Gasteiger partial charge >= 0.3 is 0 Å². The summed E-state index contributed by atoms with van der Waals surface area (Å²) in [6.07, 6.45) is 7.07. The van der Waals surface area contributed by atoms with Gasteiger partial charge in [-0.1, -0.05) is 0 Å². The van der Waals surface area contributed by atoms with Crippen LogP contribution in [0.15, 0.2) is 42.9 Å². The molecule has 0 bridgehead atoms. The number of hydrogen-bond acceptors (Lipinski definition) is 5. The molecular formula is C18H21N3O3. The molecule has 0 saturated carbocycles. The van der Waals surface area contributed by atoms with Crippen molar-refractivity contribution in [3.8, 4) is 11.6 Å². The fourth-order valence-corrected chi connectivity index (χ4v) is 2.92. The fraction of sp³-hybridized carbons (Fsp3) is 0.389. The molecule has 1 atom stereocenters. The summed E-state index contributed by atoms with van der Waals surface area (Å²) < 4.78 is 11.0. The Morgan fingerprint density at radius 2 is 2.12 bits per heavy atom. The van der Waals surface area contributed by atoms with Crippen LogP contribution in [0.2, 0.25) is 0 Å². The number of ether oxygens (including phenoxy) is 2. The Kier molecular flexibility index (Phi) is 5.25. The summed E-state index contributed by atoms with van der Waals surface area (Å²) in [6.45, 7) is 2.03. The number of piperidine rings is 1. The Morgan fingerprint density at radius 3 is 2.92 bits per heavy atom. The highest BCUT2D eigenvalue weighted by molar-refractivity contribution is 5.96. The summed E-state index contributed by atoms with van der Waals surface area (Å²) in [5.74, 6) is 1.46. The first-order chi connectivity index (χ1) is 11.8.